The van der Waals surface area contributed by atoms with Crippen molar-refractivity contribution < 1.29 is 15.0 Å². The highest BCUT2D eigenvalue weighted by molar-refractivity contribution is 5.95. The second kappa shape index (κ2) is 5.93. The number of aromatic hydroxyl groups is 2. The van der Waals surface area contributed by atoms with Crippen LogP contribution in [0, 0.1) is 0 Å². The van der Waals surface area contributed by atoms with Crippen molar-refractivity contribution in [3.05, 3.63) is 23.8 Å². The van der Waals surface area contributed by atoms with Crippen molar-refractivity contribution in [3.8, 4) is 11.5 Å². The fourth-order valence-electron chi connectivity index (χ4n) is 2.48. The Hall–Kier alpha value is -1.75. The molecule has 1 aliphatic rings. The summed E-state index contributed by atoms with van der Waals surface area (Å²) < 4.78 is 0. The number of hydrogen-bond donors (Lipinski definition) is 3. The number of rotatable bonds is 4. The van der Waals surface area contributed by atoms with Gasteiger partial charge in [0.15, 0.2) is 0 Å². The van der Waals surface area contributed by atoms with E-state index in [1.165, 1.54) is 18.2 Å². The van der Waals surface area contributed by atoms with Gasteiger partial charge in [-0.2, -0.15) is 0 Å². The predicted octanol–water partition coefficient (Wildman–Crippen LogP) is 1.31. The van der Waals surface area contributed by atoms with Crippen LogP contribution in [0.15, 0.2) is 18.2 Å². The van der Waals surface area contributed by atoms with Crippen molar-refractivity contribution in [1.29, 1.82) is 0 Å². The van der Waals surface area contributed by atoms with Crippen molar-refractivity contribution in [3.63, 3.8) is 0 Å². The van der Waals surface area contributed by atoms with E-state index in [0.29, 0.717) is 12.1 Å². The second-order valence-electron chi connectivity index (χ2n) is 4.88. The lowest BCUT2D eigenvalue weighted by atomic mass is 10.1. The largest absolute Gasteiger partial charge is 0.508 e. The van der Waals surface area contributed by atoms with Crippen LogP contribution >= 0.6 is 0 Å². The van der Waals surface area contributed by atoms with E-state index in [1.807, 2.05) is 11.8 Å². The van der Waals surface area contributed by atoms with Gasteiger partial charge < -0.3 is 20.4 Å². The van der Waals surface area contributed by atoms with Crippen LogP contribution in [-0.4, -0.2) is 46.7 Å². The number of phenols is 2. The first-order chi connectivity index (χ1) is 9.11. The number of phenolic OH excluding ortho intramolecular Hbond substituents is 2. The molecule has 1 aromatic rings. The Labute approximate surface area is 112 Å². The zero-order valence-corrected chi connectivity index (χ0v) is 11.1. The van der Waals surface area contributed by atoms with E-state index in [1.54, 1.807) is 0 Å². The van der Waals surface area contributed by atoms with Crippen molar-refractivity contribution in [2.24, 2.45) is 0 Å². The van der Waals surface area contributed by atoms with E-state index in [4.69, 9.17) is 0 Å². The SMILES string of the molecule is CCCN(C(=O)c1cc(O)cc(O)c1)C1CCNC1. The molecule has 2 rings (SSSR count). The molecule has 104 valence electrons. The van der Waals surface area contributed by atoms with Gasteiger partial charge in [-0.25, -0.2) is 0 Å². The summed E-state index contributed by atoms with van der Waals surface area (Å²) in [6, 6.07) is 4.20. The molecule has 3 N–H and O–H groups in total. The quantitative estimate of drug-likeness (QED) is 0.766. The Bertz CT molecular complexity index is 436. The Morgan fingerprint density at radius 1 is 1.37 bits per heavy atom. The first-order valence-corrected chi connectivity index (χ1v) is 6.66. The highest BCUT2D eigenvalue weighted by atomic mass is 16.3. The van der Waals surface area contributed by atoms with E-state index in [2.05, 4.69) is 5.32 Å². The molecule has 1 amide bonds. The van der Waals surface area contributed by atoms with E-state index >= 15 is 0 Å². The minimum Gasteiger partial charge on any atom is -0.508 e. The van der Waals surface area contributed by atoms with Gasteiger partial charge in [-0.1, -0.05) is 6.92 Å². The highest BCUT2D eigenvalue weighted by Gasteiger charge is 2.27. The van der Waals surface area contributed by atoms with E-state index in [-0.39, 0.29) is 23.4 Å². The van der Waals surface area contributed by atoms with Crippen LogP contribution in [0.2, 0.25) is 0 Å². The zero-order chi connectivity index (χ0) is 13.8. The Balaban J connectivity index is 2.22. The van der Waals surface area contributed by atoms with Crippen molar-refractivity contribution in [2.45, 2.75) is 25.8 Å². The highest BCUT2D eigenvalue weighted by Crippen LogP contribution is 2.23. The van der Waals surface area contributed by atoms with Gasteiger partial charge in [-0.05, 0) is 31.5 Å². The summed E-state index contributed by atoms with van der Waals surface area (Å²) in [4.78, 5) is 14.3. The summed E-state index contributed by atoms with van der Waals surface area (Å²) >= 11 is 0. The molecule has 1 saturated heterocycles. The summed E-state index contributed by atoms with van der Waals surface area (Å²) in [5.41, 5.74) is 0.331. The number of benzene rings is 1. The van der Waals surface area contributed by atoms with E-state index in [0.717, 1.165) is 25.9 Å². The molecule has 1 atom stereocenters. The molecule has 1 fully saturated rings. The van der Waals surface area contributed by atoms with Gasteiger partial charge in [-0.15, -0.1) is 0 Å². The molecule has 5 heteroatoms. The number of carbonyl (C=O) groups excluding carboxylic acids is 1. The van der Waals surface area contributed by atoms with Gasteiger partial charge in [0.1, 0.15) is 11.5 Å². The number of nitrogens with zero attached hydrogens (tertiary/aromatic N) is 1. The monoisotopic (exact) mass is 264 g/mol. The molecule has 19 heavy (non-hydrogen) atoms. The molecule has 0 radical (unpaired) electrons. The summed E-state index contributed by atoms with van der Waals surface area (Å²) in [5.74, 6) is -0.324. The second-order valence-corrected chi connectivity index (χ2v) is 4.88. The van der Waals surface area contributed by atoms with Crippen LogP contribution in [0.3, 0.4) is 0 Å². The molecule has 1 aromatic carbocycles. The average molecular weight is 264 g/mol. The van der Waals surface area contributed by atoms with Crippen LogP contribution in [0.1, 0.15) is 30.1 Å². The molecular formula is C14H20N2O3. The maximum atomic E-state index is 12.5. The minimum atomic E-state index is -0.137. The lowest BCUT2D eigenvalue weighted by molar-refractivity contribution is 0.0691. The zero-order valence-electron chi connectivity index (χ0n) is 11.1. The molecular weight excluding hydrogens is 244 g/mol. The number of amides is 1. The molecule has 0 bridgehead atoms. The fraction of sp³-hybridized carbons (Fsp3) is 0.500. The number of carbonyl (C=O) groups is 1. The molecule has 0 aliphatic carbocycles. The lowest BCUT2D eigenvalue weighted by Gasteiger charge is -2.28. The number of hydrogen-bond acceptors (Lipinski definition) is 4. The van der Waals surface area contributed by atoms with E-state index in [9.17, 15) is 15.0 Å². The smallest absolute Gasteiger partial charge is 0.254 e. The summed E-state index contributed by atoms with van der Waals surface area (Å²) in [5, 5.41) is 22.2. The Morgan fingerprint density at radius 3 is 2.58 bits per heavy atom. The maximum absolute atomic E-state index is 12.5. The summed E-state index contributed by atoms with van der Waals surface area (Å²) in [6.45, 7) is 4.43. The summed E-state index contributed by atoms with van der Waals surface area (Å²) in [6.07, 6.45) is 1.82. The van der Waals surface area contributed by atoms with Gasteiger partial charge in [-0.3, -0.25) is 4.79 Å². The third-order valence-corrected chi connectivity index (χ3v) is 3.35. The van der Waals surface area contributed by atoms with Gasteiger partial charge >= 0.3 is 0 Å². The Kier molecular flexibility index (Phi) is 4.27. The van der Waals surface area contributed by atoms with E-state index < -0.39 is 0 Å². The van der Waals surface area contributed by atoms with Gasteiger partial charge in [0.05, 0.1) is 0 Å². The van der Waals surface area contributed by atoms with Gasteiger partial charge in [0, 0.05) is 30.8 Å². The van der Waals surface area contributed by atoms with Crippen molar-refractivity contribution in [2.75, 3.05) is 19.6 Å². The van der Waals surface area contributed by atoms with Gasteiger partial charge in [0.2, 0.25) is 0 Å². The minimum absolute atomic E-state index is 0.0932. The Morgan fingerprint density at radius 2 is 2.05 bits per heavy atom. The molecule has 5 nitrogen and oxygen atoms in total. The maximum Gasteiger partial charge on any atom is 0.254 e. The van der Waals surface area contributed by atoms with Crippen LogP contribution in [-0.2, 0) is 0 Å². The van der Waals surface area contributed by atoms with Crippen LogP contribution in [0.5, 0.6) is 11.5 Å². The van der Waals surface area contributed by atoms with Crippen LogP contribution < -0.4 is 5.32 Å². The fourth-order valence-corrected chi connectivity index (χ4v) is 2.48. The third-order valence-electron chi connectivity index (χ3n) is 3.35. The van der Waals surface area contributed by atoms with Crippen LogP contribution in [0.25, 0.3) is 0 Å². The number of nitrogens with one attached hydrogen (secondary N) is 1. The summed E-state index contributed by atoms with van der Waals surface area (Å²) in [7, 11) is 0. The first-order valence-electron chi connectivity index (χ1n) is 6.66. The molecule has 1 aliphatic heterocycles. The standard InChI is InChI=1S/C14H20N2O3/c1-2-5-16(11-3-4-15-9-11)14(19)10-6-12(17)8-13(18)7-10/h6-8,11,15,17-18H,2-5,9H2,1H3. The lowest BCUT2D eigenvalue weighted by Crippen LogP contribution is -2.42. The normalized spacial score (nSPS) is 18.5. The van der Waals surface area contributed by atoms with Crippen LogP contribution in [0.4, 0.5) is 0 Å². The molecule has 0 saturated carbocycles. The molecule has 0 aromatic heterocycles. The van der Waals surface area contributed by atoms with Gasteiger partial charge in [0.25, 0.3) is 5.91 Å². The average Bonchev–Trinajstić information content (AvgIpc) is 2.87. The predicted molar refractivity (Wildman–Crippen MR) is 72.4 cm³/mol. The molecule has 1 unspecified atom stereocenters. The van der Waals surface area contributed by atoms with Crippen molar-refractivity contribution >= 4 is 5.91 Å². The first kappa shape index (κ1) is 13.7. The molecule has 1 heterocycles. The third kappa shape index (κ3) is 3.17. The topological polar surface area (TPSA) is 72.8 Å². The molecule has 0 spiro atoms. The van der Waals surface area contributed by atoms with Crippen molar-refractivity contribution in [1.82, 2.24) is 10.2 Å².